The van der Waals surface area contributed by atoms with Crippen molar-refractivity contribution in [2.45, 2.75) is 25.4 Å². The third-order valence-corrected chi connectivity index (χ3v) is 4.81. The fraction of sp³-hybridized carbons (Fsp3) is 0.263. The lowest BCUT2D eigenvalue weighted by Gasteiger charge is -2.31. The van der Waals surface area contributed by atoms with E-state index in [0.717, 1.165) is 28.3 Å². The Kier molecular flexibility index (Phi) is 4.42. The number of benzene rings is 2. The molecule has 6 nitrogen and oxygen atoms in total. The van der Waals surface area contributed by atoms with Gasteiger partial charge in [-0.25, -0.2) is 4.68 Å². The first kappa shape index (κ1) is 16.7. The Bertz CT molecular complexity index is 891. The Morgan fingerprint density at radius 2 is 1.85 bits per heavy atom. The lowest BCUT2D eigenvalue weighted by molar-refractivity contribution is 0.340. The maximum atomic E-state index is 6.02. The smallest absolute Gasteiger partial charge is 0.241 e. The van der Waals surface area contributed by atoms with Crippen LogP contribution in [0, 0.1) is 0 Å². The summed E-state index contributed by atoms with van der Waals surface area (Å²) in [5.74, 6) is 1.80. The average Bonchev–Trinajstić information content (AvgIpc) is 3.02. The van der Waals surface area contributed by atoms with Crippen molar-refractivity contribution in [2.24, 2.45) is 0 Å². The SMILES string of the molecule is CCOc1ccc([C@@H]2C[C@H](c3ccc(Cl)cc3)Nc3nc(N)nn32)cc1. The molecule has 3 aromatic rings. The van der Waals surface area contributed by atoms with Crippen LogP contribution in [0.5, 0.6) is 5.75 Å². The summed E-state index contributed by atoms with van der Waals surface area (Å²) in [5.41, 5.74) is 8.14. The molecule has 0 fully saturated rings. The number of anilines is 2. The maximum Gasteiger partial charge on any atom is 0.241 e. The van der Waals surface area contributed by atoms with E-state index in [2.05, 4.69) is 27.5 Å². The molecule has 3 N–H and O–H groups in total. The van der Waals surface area contributed by atoms with Crippen molar-refractivity contribution < 1.29 is 4.74 Å². The molecule has 1 aliphatic heterocycles. The monoisotopic (exact) mass is 369 g/mol. The first-order valence-corrected chi connectivity index (χ1v) is 8.98. The van der Waals surface area contributed by atoms with Gasteiger partial charge in [0.1, 0.15) is 5.75 Å². The molecule has 1 aromatic heterocycles. The molecule has 7 heteroatoms. The molecular formula is C19H20ClN5O. The summed E-state index contributed by atoms with van der Waals surface area (Å²) < 4.78 is 7.40. The minimum atomic E-state index is 0.0346. The summed E-state index contributed by atoms with van der Waals surface area (Å²) in [5, 5.41) is 8.53. The van der Waals surface area contributed by atoms with Crippen LogP contribution in [-0.2, 0) is 0 Å². The highest BCUT2D eigenvalue weighted by atomic mass is 35.5. The summed E-state index contributed by atoms with van der Waals surface area (Å²) in [6.45, 7) is 2.62. The van der Waals surface area contributed by atoms with Crippen LogP contribution in [0.3, 0.4) is 0 Å². The Hall–Kier alpha value is -2.73. The van der Waals surface area contributed by atoms with Gasteiger partial charge in [0.2, 0.25) is 11.9 Å². The van der Waals surface area contributed by atoms with Gasteiger partial charge in [-0.15, -0.1) is 5.10 Å². The fourth-order valence-electron chi connectivity index (χ4n) is 3.34. The summed E-state index contributed by atoms with van der Waals surface area (Å²) in [4.78, 5) is 4.34. The molecular weight excluding hydrogens is 350 g/mol. The quantitative estimate of drug-likeness (QED) is 0.725. The minimum absolute atomic E-state index is 0.0346. The largest absolute Gasteiger partial charge is 0.494 e. The number of aromatic nitrogens is 3. The molecule has 2 atom stereocenters. The van der Waals surface area contributed by atoms with E-state index >= 15 is 0 Å². The van der Waals surface area contributed by atoms with Crippen LogP contribution in [0.2, 0.25) is 5.02 Å². The molecule has 2 heterocycles. The number of nitrogen functional groups attached to an aromatic ring is 1. The number of nitrogens with one attached hydrogen (secondary N) is 1. The number of rotatable bonds is 4. The molecule has 0 unspecified atom stereocenters. The van der Waals surface area contributed by atoms with Gasteiger partial charge in [-0.05, 0) is 48.7 Å². The molecule has 0 saturated carbocycles. The second-order valence-corrected chi connectivity index (χ2v) is 6.68. The highest BCUT2D eigenvalue weighted by Crippen LogP contribution is 2.38. The van der Waals surface area contributed by atoms with E-state index in [9.17, 15) is 0 Å². The summed E-state index contributed by atoms with van der Waals surface area (Å²) in [6.07, 6.45) is 0.825. The van der Waals surface area contributed by atoms with Crippen molar-refractivity contribution >= 4 is 23.5 Å². The standard InChI is InChI=1S/C19H20ClN5O/c1-2-26-15-9-5-13(6-10-15)17-11-16(12-3-7-14(20)8-4-12)22-19-23-18(21)24-25(17)19/h3-10,16-17H,2,11H2,1H3,(H3,21,22,23,24)/t16-,17+/m1/s1. The third kappa shape index (κ3) is 3.20. The first-order valence-electron chi connectivity index (χ1n) is 8.61. The number of hydrogen-bond acceptors (Lipinski definition) is 5. The van der Waals surface area contributed by atoms with Gasteiger partial charge in [-0.3, -0.25) is 0 Å². The van der Waals surface area contributed by atoms with Crippen molar-refractivity contribution in [3.63, 3.8) is 0 Å². The molecule has 4 rings (SSSR count). The third-order valence-electron chi connectivity index (χ3n) is 4.55. The van der Waals surface area contributed by atoms with Gasteiger partial charge < -0.3 is 15.8 Å². The maximum absolute atomic E-state index is 6.02. The van der Waals surface area contributed by atoms with E-state index in [1.807, 2.05) is 48.0 Å². The topological polar surface area (TPSA) is 78.0 Å². The molecule has 2 aromatic carbocycles. The number of nitrogens with zero attached hydrogens (tertiary/aromatic N) is 3. The lowest BCUT2D eigenvalue weighted by atomic mass is 9.93. The van der Waals surface area contributed by atoms with Crippen LogP contribution in [0.25, 0.3) is 0 Å². The number of halogens is 1. The van der Waals surface area contributed by atoms with Crippen molar-refractivity contribution in [3.05, 3.63) is 64.7 Å². The van der Waals surface area contributed by atoms with E-state index in [0.29, 0.717) is 12.6 Å². The fourth-order valence-corrected chi connectivity index (χ4v) is 3.46. The van der Waals surface area contributed by atoms with Gasteiger partial charge in [-0.1, -0.05) is 35.9 Å². The zero-order valence-corrected chi connectivity index (χ0v) is 15.1. The van der Waals surface area contributed by atoms with E-state index in [4.69, 9.17) is 22.1 Å². The number of nitrogens with two attached hydrogens (primary N) is 1. The first-order chi connectivity index (χ1) is 12.6. The van der Waals surface area contributed by atoms with E-state index in [1.54, 1.807) is 0 Å². The van der Waals surface area contributed by atoms with Gasteiger partial charge in [0.05, 0.1) is 18.7 Å². The highest BCUT2D eigenvalue weighted by molar-refractivity contribution is 6.30. The molecule has 0 bridgehead atoms. The predicted octanol–water partition coefficient (Wildman–Crippen LogP) is 4.06. The van der Waals surface area contributed by atoms with Crippen LogP contribution in [0.15, 0.2) is 48.5 Å². The van der Waals surface area contributed by atoms with Crippen LogP contribution < -0.4 is 15.8 Å². The van der Waals surface area contributed by atoms with E-state index in [-0.39, 0.29) is 18.0 Å². The van der Waals surface area contributed by atoms with Crippen LogP contribution in [-0.4, -0.2) is 21.4 Å². The van der Waals surface area contributed by atoms with Gasteiger partial charge in [0.15, 0.2) is 0 Å². The summed E-state index contributed by atoms with van der Waals surface area (Å²) in [6, 6.07) is 16.1. The van der Waals surface area contributed by atoms with Gasteiger partial charge in [0.25, 0.3) is 0 Å². The summed E-state index contributed by atoms with van der Waals surface area (Å²) in [7, 11) is 0. The minimum Gasteiger partial charge on any atom is -0.494 e. The Morgan fingerprint density at radius 1 is 1.15 bits per heavy atom. The Balaban J connectivity index is 1.69. The lowest BCUT2D eigenvalue weighted by Crippen LogP contribution is -2.28. The Morgan fingerprint density at radius 3 is 2.54 bits per heavy atom. The molecule has 0 amide bonds. The zero-order valence-electron chi connectivity index (χ0n) is 14.4. The predicted molar refractivity (Wildman–Crippen MR) is 103 cm³/mol. The van der Waals surface area contributed by atoms with E-state index < -0.39 is 0 Å². The second-order valence-electron chi connectivity index (χ2n) is 6.24. The molecule has 1 aliphatic rings. The second kappa shape index (κ2) is 6.88. The van der Waals surface area contributed by atoms with Crippen molar-refractivity contribution in [1.82, 2.24) is 14.8 Å². The average molecular weight is 370 g/mol. The van der Waals surface area contributed by atoms with Crippen LogP contribution in [0.4, 0.5) is 11.9 Å². The van der Waals surface area contributed by atoms with Gasteiger partial charge >= 0.3 is 0 Å². The molecule has 0 aliphatic carbocycles. The van der Waals surface area contributed by atoms with Gasteiger partial charge in [0, 0.05) is 5.02 Å². The van der Waals surface area contributed by atoms with Crippen molar-refractivity contribution in [3.8, 4) is 5.75 Å². The van der Waals surface area contributed by atoms with E-state index in [1.165, 1.54) is 0 Å². The van der Waals surface area contributed by atoms with Crippen molar-refractivity contribution in [2.75, 3.05) is 17.7 Å². The normalized spacial score (nSPS) is 18.8. The van der Waals surface area contributed by atoms with Gasteiger partial charge in [-0.2, -0.15) is 4.98 Å². The number of fused-ring (bicyclic) bond motifs is 1. The van der Waals surface area contributed by atoms with Crippen molar-refractivity contribution in [1.29, 1.82) is 0 Å². The zero-order chi connectivity index (χ0) is 18.1. The van der Waals surface area contributed by atoms with Crippen LogP contribution in [0.1, 0.15) is 36.6 Å². The number of hydrogen-bond donors (Lipinski definition) is 2. The molecule has 134 valence electrons. The molecule has 0 radical (unpaired) electrons. The summed E-state index contributed by atoms with van der Waals surface area (Å²) >= 11 is 6.02. The molecule has 26 heavy (non-hydrogen) atoms. The molecule has 0 spiro atoms. The highest BCUT2D eigenvalue weighted by Gasteiger charge is 2.30. The molecule has 0 saturated heterocycles. The van der Waals surface area contributed by atoms with Crippen LogP contribution >= 0.6 is 11.6 Å². The number of ether oxygens (including phenoxy) is 1. The Labute approximate surface area is 156 Å².